The first-order valence-electron chi connectivity index (χ1n) is 6.75. The zero-order valence-corrected chi connectivity index (χ0v) is 10.5. The van der Waals surface area contributed by atoms with Crippen LogP contribution in [0.3, 0.4) is 0 Å². The Bertz CT molecular complexity index is 145. The minimum atomic E-state index is 0.796. The molecule has 2 heteroatoms. The molecule has 0 bridgehead atoms. The maximum Gasteiger partial charge on any atom is 0.00950 e. The molecule has 0 saturated carbocycles. The normalized spacial score (nSPS) is 20.0. The average molecular weight is 212 g/mol. The summed E-state index contributed by atoms with van der Waals surface area (Å²) in [5, 5.41) is 0. The number of likely N-dealkylation sites (tertiary alicyclic amines) is 1. The largest absolute Gasteiger partial charge is 0.330 e. The van der Waals surface area contributed by atoms with Gasteiger partial charge in [0.05, 0.1) is 0 Å². The second kappa shape index (κ2) is 7.24. The Balaban J connectivity index is 2.34. The summed E-state index contributed by atoms with van der Waals surface area (Å²) >= 11 is 0. The number of nitrogens with two attached hydrogens (primary N) is 1. The summed E-state index contributed by atoms with van der Waals surface area (Å²) in [5.41, 5.74) is 5.72. The van der Waals surface area contributed by atoms with E-state index in [2.05, 4.69) is 18.7 Å². The van der Waals surface area contributed by atoms with Crippen LogP contribution in [0.4, 0.5) is 0 Å². The van der Waals surface area contributed by atoms with Crippen molar-refractivity contribution in [3.63, 3.8) is 0 Å². The molecule has 0 aromatic rings. The Morgan fingerprint density at radius 1 is 1.13 bits per heavy atom. The van der Waals surface area contributed by atoms with Gasteiger partial charge in [-0.1, -0.05) is 26.7 Å². The maximum atomic E-state index is 5.72. The Morgan fingerprint density at radius 3 is 2.07 bits per heavy atom. The van der Waals surface area contributed by atoms with Crippen molar-refractivity contribution in [2.24, 2.45) is 11.7 Å². The number of hydrogen-bond acceptors (Lipinski definition) is 2. The van der Waals surface area contributed by atoms with Crippen molar-refractivity contribution in [2.45, 2.75) is 58.4 Å². The summed E-state index contributed by atoms with van der Waals surface area (Å²) in [6.07, 6.45) is 8.03. The molecule has 0 aromatic heterocycles. The second-order valence-corrected chi connectivity index (χ2v) is 4.95. The Kier molecular flexibility index (Phi) is 6.26. The molecule has 1 saturated heterocycles. The topological polar surface area (TPSA) is 29.3 Å². The third-order valence-corrected chi connectivity index (χ3v) is 3.74. The van der Waals surface area contributed by atoms with Crippen LogP contribution in [0.15, 0.2) is 0 Å². The second-order valence-electron chi connectivity index (χ2n) is 4.95. The molecule has 1 aliphatic heterocycles. The molecule has 0 spiro atoms. The van der Waals surface area contributed by atoms with Crippen LogP contribution in [0, 0.1) is 5.92 Å². The quantitative estimate of drug-likeness (QED) is 0.733. The predicted molar refractivity (Wildman–Crippen MR) is 67.0 cm³/mol. The van der Waals surface area contributed by atoms with E-state index in [1.807, 2.05) is 0 Å². The number of nitrogens with zero attached hydrogens (tertiary/aromatic N) is 1. The van der Waals surface area contributed by atoms with Crippen molar-refractivity contribution in [2.75, 3.05) is 19.6 Å². The summed E-state index contributed by atoms with van der Waals surface area (Å²) in [7, 11) is 0. The Labute approximate surface area is 95.2 Å². The summed E-state index contributed by atoms with van der Waals surface area (Å²) < 4.78 is 0. The van der Waals surface area contributed by atoms with Gasteiger partial charge in [-0.2, -0.15) is 0 Å². The van der Waals surface area contributed by atoms with E-state index in [1.165, 1.54) is 51.6 Å². The lowest BCUT2D eigenvalue weighted by molar-refractivity contribution is 0.121. The van der Waals surface area contributed by atoms with Crippen LogP contribution >= 0.6 is 0 Å². The molecule has 2 nitrogen and oxygen atoms in total. The molecule has 0 amide bonds. The van der Waals surface area contributed by atoms with Gasteiger partial charge in [-0.05, 0) is 51.2 Å². The Hall–Kier alpha value is -0.0800. The molecule has 0 aliphatic carbocycles. The lowest BCUT2D eigenvalue weighted by Gasteiger charge is -2.37. The zero-order valence-electron chi connectivity index (χ0n) is 10.5. The van der Waals surface area contributed by atoms with Gasteiger partial charge in [0.15, 0.2) is 0 Å². The molecule has 90 valence electrons. The van der Waals surface area contributed by atoms with Gasteiger partial charge in [0.25, 0.3) is 0 Å². The highest BCUT2D eigenvalue weighted by atomic mass is 15.2. The summed E-state index contributed by atoms with van der Waals surface area (Å²) in [6, 6.07) is 0.846. The molecule has 1 rings (SSSR count). The molecule has 0 unspecified atom stereocenters. The van der Waals surface area contributed by atoms with Crippen molar-refractivity contribution in [1.82, 2.24) is 4.90 Å². The van der Waals surface area contributed by atoms with E-state index in [1.54, 1.807) is 0 Å². The maximum absolute atomic E-state index is 5.72. The van der Waals surface area contributed by atoms with Crippen LogP contribution in [-0.2, 0) is 0 Å². The van der Waals surface area contributed by atoms with Gasteiger partial charge in [0.1, 0.15) is 0 Å². The van der Waals surface area contributed by atoms with Crippen LogP contribution in [0.25, 0.3) is 0 Å². The number of hydrogen-bond donors (Lipinski definition) is 1. The standard InChI is InChI=1S/C13H28N2/c1-3-5-13(6-4-2)15-9-7-12(11-14)8-10-15/h12-13H,3-11,14H2,1-2H3. The third kappa shape index (κ3) is 4.12. The minimum Gasteiger partial charge on any atom is -0.330 e. The fourth-order valence-corrected chi connectivity index (χ4v) is 2.73. The van der Waals surface area contributed by atoms with Crippen molar-refractivity contribution in [3.8, 4) is 0 Å². The highest BCUT2D eigenvalue weighted by molar-refractivity contribution is 4.78. The minimum absolute atomic E-state index is 0.796. The van der Waals surface area contributed by atoms with Gasteiger partial charge in [0, 0.05) is 6.04 Å². The molecular weight excluding hydrogens is 184 g/mol. The molecule has 1 fully saturated rings. The van der Waals surface area contributed by atoms with Crippen molar-refractivity contribution >= 4 is 0 Å². The summed E-state index contributed by atoms with van der Waals surface area (Å²) in [4.78, 5) is 2.71. The predicted octanol–water partition coefficient (Wildman–Crippen LogP) is 2.63. The molecular formula is C13H28N2. The van der Waals surface area contributed by atoms with Gasteiger partial charge in [-0.15, -0.1) is 0 Å². The first-order chi connectivity index (χ1) is 7.31. The zero-order chi connectivity index (χ0) is 11.1. The molecule has 1 aliphatic rings. The third-order valence-electron chi connectivity index (χ3n) is 3.74. The molecule has 0 atom stereocenters. The molecule has 1 heterocycles. The van der Waals surface area contributed by atoms with Crippen molar-refractivity contribution < 1.29 is 0 Å². The van der Waals surface area contributed by atoms with Gasteiger partial charge in [-0.3, -0.25) is 0 Å². The smallest absolute Gasteiger partial charge is 0.00950 e. The Morgan fingerprint density at radius 2 is 1.67 bits per heavy atom. The average Bonchev–Trinajstić information content (AvgIpc) is 2.29. The lowest BCUT2D eigenvalue weighted by Crippen LogP contribution is -2.42. The van der Waals surface area contributed by atoms with Crippen molar-refractivity contribution in [1.29, 1.82) is 0 Å². The number of rotatable bonds is 6. The number of piperidine rings is 1. The highest BCUT2D eigenvalue weighted by Gasteiger charge is 2.23. The van der Waals surface area contributed by atoms with Gasteiger partial charge < -0.3 is 10.6 Å². The molecule has 15 heavy (non-hydrogen) atoms. The first-order valence-corrected chi connectivity index (χ1v) is 6.75. The van der Waals surface area contributed by atoms with Gasteiger partial charge in [0.2, 0.25) is 0 Å². The molecule has 0 aromatic carbocycles. The molecule has 0 radical (unpaired) electrons. The van der Waals surface area contributed by atoms with E-state index >= 15 is 0 Å². The monoisotopic (exact) mass is 212 g/mol. The fraction of sp³-hybridized carbons (Fsp3) is 1.00. The fourth-order valence-electron chi connectivity index (χ4n) is 2.73. The van der Waals surface area contributed by atoms with Crippen LogP contribution in [0.1, 0.15) is 52.4 Å². The highest BCUT2D eigenvalue weighted by Crippen LogP contribution is 2.21. The lowest BCUT2D eigenvalue weighted by atomic mass is 9.94. The van der Waals surface area contributed by atoms with Crippen molar-refractivity contribution in [3.05, 3.63) is 0 Å². The summed E-state index contributed by atoms with van der Waals surface area (Å²) in [6.45, 7) is 8.06. The van der Waals surface area contributed by atoms with E-state index in [-0.39, 0.29) is 0 Å². The SMILES string of the molecule is CCCC(CCC)N1CCC(CN)CC1. The van der Waals surface area contributed by atoms with E-state index in [9.17, 15) is 0 Å². The van der Waals surface area contributed by atoms with Crippen LogP contribution in [0.2, 0.25) is 0 Å². The van der Waals surface area contributed by atoms with Gasteiger partial charge >= 0.3 is 0 Å². The van der Waals surface area contributed by atoms with E-state index < -0.39 is 0 Å². The summed E-state index contributed by atoms with van der Waals surface area (Å²) in [5.74, 6) is 0.796. The van der Waals surface area contributed by atoms with E-state index in [4.69, 9.17) is 5.73 Å². The van der Waals surface area contributed by atoms with Gasteiger partial charge in [-0.25, -0.2) is 0 Å². The van der Waals surface area contributed by atoms with Crippen LogP contribution < -0.4 is 5.73 Å². The molecule has 2 N–H and O–H groups in total. The van der Waals surface area contributed by atoms with E-state index in [0.29, 0.717) is 0 Å². The van der Waals surface area contributed by atoms with E-state index in [0.717, 1.165) is 18.5 Å². The van der Waals surface area contributed by atoms with Crippen LogP contribution in [-0.4, -0.2) is 30.6 Å². The van der Waals surface area contributed by atoms with Crippen LogP contribution in [0.5, 0.6) is 0 Å². The first kappa shape index (κ1) is 13.0.